The smallest absolute Gasteiger partial charge is 0.418 e. The van der Waals surface area contributed by atoms with Gasteiger partial charge in [0.15, 0.2) is 0 Å². The zero-order valence-electron chi connectivity index (χ0n) is 23.4. The lowest BCUT2D eigenvalue weighted by Crippen LogP contribution is -2.30. The van der Waals surface area contributed by atoms with Gasteiger partial charge in [-0.05, 0) is 85.5 Å². The molecule has 0 spiro atoms. The molecule has 43 heavy (non-hydrogen) atoms. The van der Waals surface area contributed by atoms with Gasteiger partial charge in [0, 0.05) is 29.9 Å². The van der Waals surface area contributed by atoms with Gasteiger partial charge in [-0.25, -0.2) is 0 Å². The number of pyridine rings is 1. The number of carboxylic acid groups (broad SMARTS) is 1. The highest BCUT2D eigenvalue weighted by molar-refractivity contribution is 5.93. The number of alkyl halides is 3. The van der Waals surface area contributed by atoms with Crippen LogP contribution in [0.2, 0.25) is 0 Å². The van der Waals surface area contributed by atoms with Crippen LogP contribution in [-0.2, 0) is 19.1 Å². The summed E-state index contributed by atoms with van der Waals surface area (Å²) in [6, 6.07) is 19.6. The average molecular weight is 585 g/mol. The number of benzene rings is 3. The van der Waals surface area contributed by atoms with Crippen LogP contribution in [0.3, 0.4) is 0 Å². The summed E-state index contributed by atoms with van der Waals surface area (Å²) in [5.74, 6) is -0.584. The third-order valence-corrected chi connectivity index (χ3v) is 7.32. The van der Waals surface area contributed by atoms with Crippen LogP contribution in [0.5, 0.6) is 11.5 Å². The number of ether oxygens (including phenoxy) is 1. The summed E-state index contributed by atoms with van der Waals surface area (Å²) in [5, 5.41) is 21.5. The second-order valence-corrected chi connectivity index (χ2v) is 10.2. The van der Waals surface area contributed by atoms with Gasteiger partial charge in [0.25, 0.3) is 5.56 Å². The van der Waals surface area contributed by atoms with Crippen molar-refractivity contribution in [1.82, 2.24) is 9.55 Å². The highest BCUT2D eigenvalue weighted by atomic mass is 19.4. The van der Waals surface area contributed by atoms with Crippen LogP contribution in [0, 0.1) is 25.2 Å². The number of aromatic amines is 1. The van der Waals surface area contributed by atoms with Crippen molar-refractivity contribution in [1.29, 1.82) is 5.26 Å². The first-order valence-corrected chi connectivity index (χ1v) is 13.4. The Morgan fingerprint density at radius 2 is 1.72 bits per heavy atom. The van der Waals surface area contributed by atoms with Gasteiger partial charge in [-0.2, -0.15) is 18.4 Å². The molecule has 0 saturated heterocycles. The van der Waals surface area contributed by atoms with Crippen LogP contribution in [0.15, 0.2) is 71.5 Å². The van der Waals surface area contributed by atoms with Gasteiger partial charge in [0.05, 0.1) is 22.9 Å². The Labute approximate surface area is 244 Å². The van der Waals surface area contributed by atoms with E-state index < -0.39 is 28.8 Å². The van der Waals surface area contributed by atoms with Crippen molar-refractivity contribution in [3.63, 3.8) is 0 Å². The summed E-state index contributed by atoms with van der Waals surface area (Å²) < 4.78 is 50.9. The highest BCUT2D eigenvalue weighted by Gasteiger charge is 2.40. The third-order valence-electron chi connectivity index (χ3n) is 7.32. The fourth-order valence-electron chi connectivity index (χ4n) is 5.33. The van der Waals surface area contributed by atoms with Crippen molar-refractivity contribution in [3.05, 3.63) is 116 Å². The minimum absolute atomic E-state index is 0.0448. The summed E-state index contributed by atoms with van der Waals surface area (Å²) in [5.41, 5.74) is -0.0601. The lowest BCUT2D eigenvalue weighted by Gasteiger charge is -2.23. The second-order valence-electron chi connectivity index (χ2n) is 10.2. The lowest BCUT2D eigenvalue weighted by molar-refractivity contribution is -0.255. The molecule has 0 radical (unpaired) electrons. The molecule has 0 atom stereocenters. The maximum absolute atomic E-state index is 14.6. The Kier molecular flexibility index (Phi) is 7.59. The van der Waals surface area contributed by atoms with Crippen molar-refractivity contribution >= 4 is 16.9 Å². The maximum atomic E-state index is 14.6. The van der Waals surface area contributed by atoms with Crippen LogP contribution in [-0.4, -0.2) is 15.5 Å². The Balaban J connectivity index is 1.62. The molecule has 2 aromatic heterocycles. The van der Waals surface area contributed by atoms with Crippen LogP contribution in [0.4, 0.5) is 13.2 Å². The standard InChI is InChI=1S/C33H26F3N3O4/c1-4-39-30(20-7-10-23(11-8-20)43-24-12-9-22-15-28(32(41)42)38-27(22)16-24)25(14-21-6-5-18(2)13-19(21)3)29(33(34,35)36)26(17-37)31(39)40/h5-13,15-16,38H,4,14H2,1-3H3,(H,41,42)/p-1. The number of nitriles is 1. The molecule has 0 fully saturated rings. The third kappa shape index (κ3) is 5.62. The molecule has 1 N–H and O–H groups in total. The number of rotatable bonds is 7. The van der Waals surface area contributed by atoms with Gasteiger partial charge >= 0.3 is 6.18 Å². The molecule has 2 heterocycles. The van der Waals surface area contributed by atoms with Gasteiger partial charge in [-0.3, -0.25) is 4.79 Å². The predicted molar refractivity (Wildman–Crippen MR) is 153 cm³/mol. The number of fused-ring (bicyclic) bond motifs is 1. The minimum Gasteiger partial charge on any atom is -0.543 e. The van der Waals surface area contributed by atoms with Gasteiger partial charge in [0.1, 0.15) is 23.1 Å². The molecule has 3 aromatic carbocycles. The molecule has 0 aliphatic rings. The van der Waals surface area contributed by atoms with Crippen molar-refractivity contribution < 1.29 is 27.8 Å². The largest absolute Gasteiger partial charge is 0.543 e. The molecule has 5 aromatic rings. The van der Waals surface area contributed by atoms with E-state index in [1.807, 2.05) is 26.0 Å². The number of hydrogen-bond donors (Lipinski definition) is 1. The number of hydrogen-bond acceptors (Lipinski definition) is 5. The summed E-state index contributed by atoms with van der Waals surface area (Å²) in [6.45, 7) is 5.38. The summed E-state index contributed by atoms with van der Waals surface area (Å²) >= 11 is 0. The number of carbonyl (C=O) groups excluding carboxylic acids is 1. The molecule has 0 aliphatic heterocycles. The normalized spacial score (nSPS) is 11.5. The van der Waals surface area contributed by atoms with E-state index in [9.17, 15) is 33.1 Å². The van der Waals surface area contributed by atoms with E-state index in [-0.39, 0.29) is 29.9 Å². The molecule has 7 nitrogen and oxygen atoms in total. The molecule has 0 unspecified atom stereocenters. The zero-order chi connectivity index (χ0) is 31.1. The number of aromatic carboxylic acids is 1. The molecule has 218 valence electrons. The van der Waals surface area contributed by atoms with Gasteiger partial charge in [-0.15, -0.1) is 0 Å². The molecule has 0 bridgehead atoms. The number of carboxylic acids is 1. The van der Waals surface area contributed by atoms with Crippen LogP contribution >= 0.6 is 0 Å². The average Bonchev–Trinajstić information content (AvgIpc) is 3.38. The van der Waals surface area contributed by atoms with Gasteiger partial charge < -0.3 is 24.2 Å². The SMILES string of the molecule is CCn1c(-c2ccc(Oc3ccc4cc(C(=O)[O-])[nH]c4c3)cc2)c(Cc2ccc(C)cc2C)c(C(F)(F)F)c(C#N)c1=O. The van der Waals surface area contributed by atoms with Gasteiger partial charge in [-0.1, -0.05) is 23.8 Å². The van der Waals surface area contributed by atoms with Crippen molar-refractivity contribution in [2.75, 3.05) is 0 Å². The number of nitrogens with one attached hydrogen (secondary N) is 1. The van der Waals surface area contributed by atoms with Crippen LogP contribution in [0.25, 0.3) is 22.2 Å². The first-order chi connectivity index (χ1) is 20.4. The molecule has 5 rings (SSSR count). The Morgan fingerprint density at radius 3 is 2.33 bits per heavy atom. The number of H-pyrrole nitrogens is 1. The van der Waals surface area contributed by atoms with E-state index in [2.05, 4.69) is 4.98 Å². The predicted octanol–water partition coefficient (Wildman–Crippen LogP) is 6.27. The number of nitrogens with zero attached hydrogens (tertiary/aromatic N) is 2. The van der Waals surface area contributed by atoms with E-state index in [4.69, 9.17) is 4.74 Å². The van der Waals surface area contributed by atoms with Crippen molar-refractivity contribution in [2.24, 2.45) is 0 Å². The fraction of sp³-hybridized carbons (Fsp3) is 0.182. The van der Waals surface area contributed by atoms with Crippen LogP contribution in [0.1, 0.15) is 50.8 Å². The fourth-order valence-corrected chi connectivity index (χ4v) is 5.33. The zero-order valence-corrected chi connectivity index (χ0v) is 23.4. The number of carbonyl (C=O) groups is 1. The maximum Gasteiger partial charge on any atom is 0.418 e. The lowest BCUT2D eigenvalue weighted by atomic mass is 9.90. The van der Waals surface area contributed by atoms with Gasteiger partial charge in [0.2, 0.25) is 0 Å². The van der Waals surface area contributed by atoms with E-state index in [0.29, 0.717) is 33.5 Å². The number of aryl methyl sites for hydroxylation is 2. The monoisotopic (exact) mass is 584 g/mol. The minimum atomic E-state index is -4.95. The molecule has 0 aliphatic carbocycles. The molecule has 0 amide bonds. The van der Waals surface area contributed by atoms with Crippen LogP contribution < -0.4 is 15.4 Å². The Morgan fingerprint density at radius 1 is 1.02 bits per heavy atom. The first-order valence-electron chi connectivity index (χ1n) is 13.4. The second kappa shape index (κ2) is 11.2. The first kappa shape index (κ1) is 29.2. The van der Waals surface area contributed by atoms with Crippen molar-refractivity contribution in [2.45, 2.75) is 39.9 Å². The summed E-state index contributed by atoms with van der Waals surface area (Å²) in [4.78, 5) is 27.1. The summed E-state index contributed by atoms with van der Waals surface area (Å²) in [7, 11) is 0. The topological polar surface area (TPSA) is 111 Å². The Bertz CT molecular complexity index is 1980. The van der Waals surface area contributed by atoms with E-state index in [0.717, 1.165) is 11.1 Å². The van der Waals surface area contributed by atoms with E-state index >= 15 is 0 Å². The number of aromatic nitrogens is 2. The highest BCUT2D eigenvalue weighted by Crippen LogP contribution is 2.40. The van der Waals surface area contributed by atoms with E-state index in [1.54, 1.807) is 55.5 Å². The molecular weight excluding hydrogens is 559 g/mol. The number of halogens is 3. The summed E-state index contributed by atoms with van der Waals surface area (Å²) in [6.07, 6.45) is -5.09. The molecule has 10 heteroatoms. The molecule has 0 saturated carbocycles. The Hall–Kier alpha value is -5.30. The quantitative estimate of drug-likeness (QED) is 0.242. The molecular formula is C33H25F3N3O4-. The van der Waals surface area contributed by atoms with Crippen molar-refractivity contribution in [3.8, 4) is 28.8 Å². The van der Waals surface area contributed by atoms with E-state index in [1.165, 1.54) is 16.7 Å².